The van der Waals surface area contributed by atoms with Crippen molar-refractivity contribution in [3.05, 3.63) is 52.3 Å². The Morgan fingerprint density at radius 3 is 2.60 bits per heavy atom. The van der Waals surface area contributed by atoms with E-state index in [2.05, 4.69) is 51.4 Å². The highest BCUT2D eigenvalue weighted by molar-refractivity contribution is 9.10. The van der Waals surface area contributed by atoms with Crippen molar-refractivity contribution in [3.63, 3.8) is 0 Å². The minimum Gasteiger partial charge on any atom is -0.494 e. The topological polar surface area (TPSA) is 34.1 Å². The molecule has 0 fully saturated rings. The Kier molecular flexibility index (Phi) is 5.01. The lowest BCUT2D eigenvalue weighted by molar-refractivity contribution is 0.340. The maximum Gasteiger partial charge on any atom is 0.119 e. The monoisotopic (exact) mass is 334 g/mol. The van der Waals surface area contributed by atoms with E-state index < -0.39 is 0 Å². The van der Waals surface area contributed by atoms with Gasteiger partial charge >= 0.3 is 0 Å². The maximum absolute atomic E-state index is 5.45. The Labute approximate surface area is 128 Å². The van der Waals surface area contributed by atoms with E-state index in [1.165, 1.54) is 5.56 Å². The van der Waals surface area contributed by atoms with Crippen LogP contribution in [0.4, 0.5) is 5.69 Å². The lowest BCUT2D eigenvalue weighted by atomic mass is 10.1. The summed E-state index contributed by atoms with van der Waals surface area (Å²) in [5.41, 5.74) is 3.36. The van der Waals surface area contributed by atoms with Crippen molar-refractivity contribution < 1.29 is 4.74 Å². The van der Waals surface area contributed by atoms with Gasteiger partial charge in [0.05, 0.1) is 18.5 Å². The zero-order chi connectivity index (χ0) is 14.5. The smallest absolute Gasteiger partial charge is 0.119 e. The van der Waals surface area contributed by atoms with E-state index in [1.807, 2.05) is 32.2 Å². The van der Waals surface area contributed by atoms with Crippen LogP contribution < -0.4 is 10.1 Å². The van der Waals surface area contributed by atoms with Gasteiger partial charge in [-0.25, -0.2) is 4.98 Å². The highest BCUT2D eigenvalue weighted by atomic mass is 79.9. The van der Waals surface area contributed by atoms with E-state index in [1.54, 1.807) is 0 Å². The van der Waals surface area contributed by atoms with Crippen molar-refractivity contribution in [1.29, 1.82) is 0 Å². The summed E-state index contributed by atoms with van der Waals surface area (Å²) >= 11 is 3.41. The van der Waals surface area contributed by atoms with Crippen molar-refractivity contribution >= 4 is 21.6 Å². The Balaban J connectivity index is 2.06. The Morgan fingerprint density at radius 1 is 1.30 bits per heavy atom. The molecule has 1 atom stereocenters. The lowest BCUT2D eigenvalue weighted by Gasteiger charge is -2.16. The number of hydrogen-bond donors (Lipinski definition) is 1. The van der Waals surface area contributed by atoms with Gasteiger partial charge in [0, 0.05) is 6.04 Å². The van der Waals surface area contributed by atoms with E-state index in [0.717, 1.165) is 21.6 Å². The van der Waals surface area contributed by atoms with E-state index in [-0.39, 0.29) is 6.04 Å². The van der Waals surface area contributed by atoms with Crippen LogP contribution in [0.2, 0.25) is 0 Å². The fourth-order valence-electron chi connectivity index (χ4n) is 1.99. The average Bonchev–Trinajstić information content (AvgIpc) is 2.44. The van der Waals surface area contributed by atoms with Crippen molar-refractivity contribution in [3.8, 4) is 5.75 Å². The first-order chi connectivity index (χ1) is 9.60. The first-order valence-corrected chi connectivity index (χ1v) is 7.51. The molecule has 1 aromatic carbocycles. The number of ether oxygens (including phenoxy) is 1. The number of nitrogens with zero attached hydrogens (tertiary/aromatic N) is 1. The Morgan fingerprint density at radius 2 is 2.00 bits per heavy atom. The number of aromatic nitrogens is 1. The van der Waals surface area contributed by atoms with Crippen LogP contribution in [-0.2, 0) is 0 Å². The maximum atomic E-state index is 5.45. The molecule has 1 unspecified atom stereocenters. The summed E-state index contributed by atoms with van der Waals surface area (Å²) in [7, 11) is 0. The van der Waals surface area contributed by atoms with Crippen LogP contribution in [0.1, 0.15) is 31.0 Å². The van der Waals surface area contributed by atoms with Gasteiger partial charge in [-0.15, -0.1) is 0 Å². The standard InChI is InChI=1S/C16H19BrN2O/c1-4-20-15-7-5-13(6-8-15)12(3)19-14-9-11(2)16(17)18-10-14/h5-10,12,19H,4H2,1-3H3. The summed E-state index contributed by atoms with van der Waals surface area (Å²) in [6.45, 7) is 6.84. The van der Waals surface area contributed by atoms with Gasteiger partial charge in [-0.1, -0.05) is 12.1 Å². The fourth-order valence-corrected chi connectivity index (χ4v) is 2.21. The molecule has 1 N–H and O–H groups in total. The van der Waals surface area contributed by atoms with Gasteiger partial charge in [0.25, 0.3) is 0 Å². The summed E-state index contributed by atoms with van der Waals surface area (Å²) in [4.78, 5) is 4.30. The van der Waals surface area contributed by atoms with Gasteiger partial charge in [0.1, 0.15) is 10.4 Å². The number of rotatable bonds is 5. The first kappa shape index (κ1) is 14.9. The van der Waals surface area contributed by atoms with Gasteiger partial charge in [0.2, 0.25) is 0 Å². The van der Waals surface area contributed by atoms with E-state index in [4.69, 9.17) is 4.74 Å². The molecule has 4 heteroatoms. The van der Waals surface area contributed by atoms with Crippen molar-refractivity contribution in [2.75, 3.05) is 11.9 Å². The minimum atomic E-state index is 0.216. The molecule has 0 radical (unpaired) electrons. The zero-order valence-corrected chi connectivity index (χ0v) is 13.6. The van der Waals surface area contributed by atoms with Gasteiger partial charge < -0.3 is 10.1 Å². The van der Waals surface area contributed by atoms with Crippen LogP contribution >= 0.6 is 15.9 Å². The molecule has 20 heavy (non-hydrogen) atoms. The summed E-state index contributed by atoms with van der Waals surface area (Å²) < 4.78 is 6.34. The molecule has 0 aliphatic heterocycles. The molecule has 2 rings (SSSR count). The minimum absolute atomic E-state index is 0.216. The van der Waals surface area contributed by atoms with E-state index in [9.17, 15) is 0 Å². The number of halogens is 1. The van der Waals surface area contributed by atoms with Gasteiger partial charge in [-0.05, 0) is 66.0 Å². The largest absolute Gasteiger partial charge is 0.494 e. The van der Waals surface area contributed by atoms with Crippen LogP contribution in [-0.4, -0.2) is 11.6 Å². The molecule has 0 saturated carbocycles. The van der Waals surface area contributed by atoms with Crippen LogP contribution in [0.3, 0.4) is 0 Å². The van der Waals surface area contributed by atoms with Crippen LogP contribution in [0, 0.1) is 6.92 Å². The summed E-state index contributed by atoms with van der Waals surface area (Å²) in [5, 5.41) is 3.45. The first-order valence-electron chi connectivity index (χ1n) is 6.71. The molecule has 0 saturated heterocycles. The predicted molar refractivity (Wildman–Crippen MR) is 86.3 cm³/mol. The number of hydrogen-bond acceptors (Lipinski definition) is 3. The van der Waals surface area contributed by atoms with Crippen molar-refractivity contribution in [2.45, 2.75) is 26.8 Å². The molecule has 106 valence electrons. The third kappa shape index (κ3) is 3.73. The van der Waals surface area contributed by atoms with Crippen LogP contribution in [0.5, 0.6) is 5.75 Å². The van der Waals surface area contributed by atoms with Crippen molar-refractivity contribution in [1.82, 2.24) is 4.98 Å². The number of anilines is 1. The molecule has 0 spiro atoms. The molecule has 0 aliphatic rings. The number of benzene rings is 1. The molecule has 1 heterocycles. The summed E-state index contributed by atoms with van der Waals surface area (Å²) in [6, 6.07) is 10.5. The fraction of sp³-hybridized carbons (Fsp3) is 0.312. The second-order valence-corrected chi connectivity index (χ2v) is 5.45. The zero-order valence-electron chi connectivity index (χ0n) is 12.0. The van der Waals surface area contributed by atoms with Crippen molar-refractivity contribution in [2.24, 2.45) is 0 Å². The normalized spacial score (nSPS) is 12.0. The molecule has 3 nitrogen and oxygen atoms in total. The third-order valence-corrected chi connectivity index (χ3v) is 3.92. The van der Waals surface area contributed by atoms with Crippen LogP contribution in [0.15, 0.2) is 41.1 Å². The second-order valence-electron chi connectivity index (χ2n) is 4.70. The average molecular weight is 335 g/mol. The third-order valence-electron chi connectivity index (χ3n) is 3.09. The number of nitrogens with one attached hydrogen (secondary N) is 1. The Hall–Kier alpha value is -1.55. The SMILES string of the molecule is CCOc1ccc(C(C)Nc2cnc(Br)c(C)c2)cc1. The van der Waals surface area contributed by atoms with Crippen LogP contribution in [0.25, 0.3) is 0 Å². The quantitative estimate of drug-likeness (QED) is 0.803. The molecule has 2 aromatic rings. The summed E-state index contributed by atoms with van der Waals surface area (Å²) in [6.07, 6.45) is 1.84. The number of pyridine rings is 1. The van der Waals surface area contributed by atoms with E-state index >= 15 is 0 Å². The predicted octanol–water partition coefficient (Wildman–Crippen LogP) is 4.72. The highest BCUT2D eigenvalue weighted by Crippen LogP contribution is 2.23. The molecule has 0 aliphatic carbocycles. The molecular weight excluding hydrogens is 316 g/mol. The van der Waals surface area contributed by atoms with Gasteiger partial charge in [-0.2, -0.15) is 0 Å². The lowest BCUT2D eigenvalue weighted by Crippen LogP contribution is -2.07. The van der Waals surface area contributed by atoms with Gasteiger partial charge in [0.15, 0.2) is 0 Å². The Bertz CT molecular complexity index is 569. The molecule has 1 aromatic heterocycles. The molecule has 0 amide bonds. The van der Waals surface area contributed by atoms with E-state index in [0.29, 0.717) is 6.61 Å². The molecule has 0 bridgehead atoms. The summed E-state index contributed by atoms with van der Waals surface area (Å²) in [5.74, 6) is 0.907. The van der Waals surface area contributed by atoms with Gasteiger partial charge in [-0.3, -0.25) is 0 Å². The number of aryl methyl sites for hydroxylation is 1. The second kappa shape index (κ2) is 6.75. The highest BCUT2D eigenvalue weighted by Gasteiger charge is 2.07. The molecular formula is C16H19BrN2O.